The van der Waals surface area contributed by atoms with E-state index < -0.39 is 0 Å². The maximum absolute atomic E-state index is 11.8. The second-order valence-electron chi connectivity index (χ2n) is 9.05. The summed E-state index contributed by atoms with van der Waals surface area (Å²) in [6, 6.07) is 0. The normalized spacial score (nSPS) is 11.8. The molecule has 31 heavy (non-hydrogen) atoms. The fourth-order valence-corrected chi connectivity index (χ4v) is 3.73. The van der Waals surface area contributed by atoms with Crippen LogP contribution >= 0.6 is 0 Å². The minimum absolute atomic E-state index is 0.286. The average Bonchev–Trinajstić information content (AvgIpc) is 2.77. The molecule has 0 rings (SSSR count). The largest absolute Gasteiger partial charge is 0.374 e. The minimum atomic E-state index is 0.286. The van der Waals surface area contributed by atoms with Crippen LogP contribution in [0.1, 0.15) is 142 Å². The number of carbonyl (C=O) groups excluding carboxylic acids is 1. The average molecular weight is 435 g/mol. The van der Waals surface area contributed by atoms with E-state index in [1.54, 1.807) is 0 Å². The number of unbranched alkanes of at least 4 members (excludes halogenated alkanes) is 15. The number of ether oxygens (including phenoxy) is 1. The maximum atomic E-state index is 11.8. The Morgan fingerprint density at radius 3 is 1.71 bits per heavy atom. The maximum Gasteiger partial charge on any atom is 0.158 e. The molecule has 0 unspecified atom stereocenters. The highest BCUT2D eigenvalue weighted by atomic mass is 16.5. The molecule has 0 spiro atoms. The van der Waals surface area contributed by atoms with Gasteiger partial charge in [-0.2, -0.15) is 0 Å². The van der Waals surface area contributed by atoms with Gasteiger partial charge in [-0.1, -0.05) is 115 Å². The zero-order chi connectivity index (χ0) is 22.7. The van der Waals surface area contributed by atoms with E-state index in [4.69, 9.17) is 4.74 Å². The van der Waals surface area contributed by atoms with Crippen LogP contribution in [0, 0.1) is 0 Å². The summed E-state index contributed by atoms with van der Waals surface area (Å²) in [5.74, 6) is 0.286. The standard InChI is InChI=1S/C29H54O2/c1-3-5-7-9-11-12-13-14-15-16-17-18-19-21-23-25-27-31-28-29(30)26-24-22-20-10-8-6-4-2/h11-12,14-15H,3-10,13,16-28H2,1-2H3/b12-11-,15-14-. The van der Waals surface area contributed by atoms with Crippen LogP contribution in [0.5, 0.6) is 0 Å². The number of hydrogen-bond donors (Lipinski definition) is 0. The Kier molecular flexibility index (Phi) is 26.4. The van der Waals surface area contributed by atoms with Gasteiger partial charge in [0.1, 0.15) is 6.61 Å². The summed E-state index contributed by atoms with van der Waals surface area (Å²) in [4.78, 5) is 11.8. The van der Waals surface area contributed by atoms with Gasteiger partial charge in [0.05, 0.1) is 0 Å². The molecular weight excluding hydrogens is 380 g/mol. The fourth-order valence-electron chi connectivity index (χ4n) is 3.73. The molecule has 0 saturated heterocycles. The number of ketones is 1. The van der Waals surface area contributed by atoms with Gasteiger partial charge in [0.25, 0.3) is 0 Å². The lowest BCUT2D eigenvalue weighted by Gasteiger charge is -2.04. The Labute approximate surface area is 195 Å². The summed E-state index contributed by atoms with van der Waals surface area (Å²) in [7, 11) is 0. The zero-order valence-electron chi connectivity index (χ0n) is 21.2. The SMILES string of the molecule is CCCCC/C=C\C/C=C\CCCCCCCCOCC(=O)CCCCCCCCC. The second kappa shape index (κ2) is 27.1. The van der Waals surface area contributed by atoms with Crippen molar-refractivity contribution >= 4 is 5.78 Å². The smallest absolute Gasteiger partial charge is 0.158 e. The van der Waals surface area contributed by atoms with Crippen LogP contribution in [-0.4, -0.2) is 19.0 Å². The molecule has 0 radical (unpaired) electrons. The van der Waals surface area contributed by atoms with Gasteiger partial charge in [0.2, 0.25) is 0 Å². The summed E-state index contributed by atoms with van der Waals surface area (Å²) in [6.07, 6.45) is 33.9. The van der Waals surface area contributed by atoms with Crippen LogP contribution in [0.4, 0.5) is 0 Å². The van der Waals surface area contributed by atoms with Crippen molar-refractivity contribution in [2.75, 3.05) is 13.2 Å². The Balaban J connectivity index is 3.22. The quantitative estimate of drug-likeness (QED) is 0.106. The van der Waals surface area contributed by atoms with Gasteiger partial charge in [0.15, 0.2) is 5.78 Å². The van der Waals surface area contributed by atoms with Gasteiger partial charge in [0, 0.05) is 13.0 Å². The summed E-state index contributed by atoms with van der Waals surface area (Å²) < 4.78 is 5.56. The Bertz CT molecular complexity index is 411. The zero-order valence-corrected chi connectivity index (χ0v) is 21.2. The van der Waals surface area contributed by atoms with Crippen molar-refractivity contribution in [1.82, 2.24) is 0 Å². The van der Waals surface area contributed by atoms with Gasteiger partial charge in [-0.15, -0.1) is 0 Å². The molecule has 0 aliphatic rings. The van der Waals surface area contributed by atoms with Crippen LogP contribution in [-0.2, 0) is 9.53 Å². The molecule has 0 aromatic heterocycles. The van der Waals surface area contributed by atoms with Crippen molar-refractivity contribution in [3.63, 3.8) is 0 Å². The first-order chi connectivity index (χ1) is 15.3. The van der Waals surface area contributed by atoms with Crippen LogP contribution in [0.25, 0.3) is 0 Å². The first-order valence-corrected chi connectivity index (χ1v) is 13.7. The first-order valence-electron chi connectivity index (χ1n) is 13.7. The van der Waals surface area contributed by atoms with Crippen molar-refractivity contribution in [2.45, 2.75) is 142 Å². The fraction of sp³-hybridized carbons (Fsp3) is 0.828. The summed E-state index contributed by atoms with van der Waals surface area (Å²) in [5.41, 5.74) is 0. The van der Waals surface area contributed by atoms with Crippen LogP contribution in [0.2, 0.25) is 0 Å². The van der Waals surface area contributed by atoms with Gasteiger partial charge >= 0.3 is 0 Å². The van der Waals surface area contributed by atoms with E-state index in [0.29, 0.717) is 13.0 Å². The van der Waals surface area contributed by atoms with Crippen LogP contribution < -0.4 is 0 Å². The molecule has 2 nitrogen and oxygen atoms in total. The number of hydrogen-bond acceptors (Lipinski definition) is 2. The van der Waals surface area contributed by atoms with E-state index in [9.17, 15) is 4.79 Å². The topological polar surface area (TPSA) is 26.3 Å². The molecule has 2 heteroatoms. The third-order valence-electron chi connectivity index (χ3n) is 5.81. The van der Waals surface area contributed by atoms with Gasteiger partial charge in [-0.3, -0.25) is 4.79 Å². The Morgan fingerprint density at radius 2 is 1.06 bits per heavy atom. The molecule has 0 heterocycles. The number of carbonyl (C=O) groups is 1. The lowest BCUT2D eigenvalue weighted by atomic mass is 10.1. The highest BCUT2D eigenvalue weighted by molar-refractivity contribution is 5.79. The molecule has 0 atom stereocenters. The minimum Gasteiger partial charge on any atom is -0.374 e. The Morgan fingerprint density at radius 1 is 0.581 bits per heavy atom. The van der Waals surface area contributed by atoms with Gasteiger partial charge < -0.3 is 4.74 Å². The molecule has 0 N–H and O–H groups in total. The van der Waals surface area contributed by atoms with E-state index in [2.05, 4.69) is 38.2 Å². The van der Waals surface area contributed by atoms with Crippen molar-refractivity contribution in [2.24, 2.45) is 0 Å². The molecule has 0 aromatic carbocycles. The summed E-state index contributed by atoms with van der Waals surface area (Å²) >= 11 is 0. The second-order valence-corrected chi connectivity index (χ2v) is 9.05. The van der Waals surface area contributed by atoms with Crippen molar-refractivity contribution in [3.8, 4) is 0 Å². The number of Topliss-reactive ketones (excluding diaryl/α,β-unsaturated/α-hetero) is 1. The molecule has 0 saturated carbocycles. The number of rotatable bonds is 25. The first kappa shape index (κ1) is 30.1. The van der Waals surface area contributed by atoms with E-state index in [-0.39, 0.29) is 5.78 Å². The number of allylic oxidation sites excluding steroid dienone is 4. The molecule has 0 bridgehead atoms. The highest BCUT2D eigenvalue weighted by Crippen LogP contribution is 2.10. The molecule has 0 aromatic rings. The van der Waals surface area contributed by atoms with Crippen LogP contribution in [0.15, 0.2) is 24.3 Å². The third kappa shape index (κ3) is 27.1. The lowest BCUT2D eigenvalue weighted by Crippen LogP contribution is -2.09. The molecule has 0 fully saturated rings. The van der Waals surface area contributed by atoms with E-state index >= 15 is 0 Å². The highest BCUT2D eigenvalue weighted by Gasteiger charge is 2.02. The summed E-state index contributed by atoms with van der Waals surface area (Å²) in [6.45, 7) is 5.58. The van der Waals surface area contributed by atoms with Crippen LogP contribution in [0.3, 0.4) is 0 Å². The molecule has 182 valence electrons. The van der Waals surface area contributed by atoms with E-state index in [1.165, 1.54) is 103 Å². The lowest BCUT2D eigenvalue weighted by molar-refractivity contribution is -0.123. The predicted octanol–water partition coefficient (Wildman–Crippen LogP) is 9.53. The Hall–Kier alpha value is -0.890. The van der Waals surface area contributed by atoms with Gasteiger partial charge in [-0.25, -0.2) is 0 Å². The van der Waals surface area contributed by atoms with Crippen molar-refractivity contribution < 1.29 is 9.53 Å². The molecule has 0 amide bonds. The molecular formula is C29H54O2. The predicted molar refractivity (Wildman–Crippen MR) is 138 cm³/mol. The van der Waals surface area contributed by atoms with E-state index in [1.807, 2.05) is 0 Å². The van der Waals surface area contributed by atoms with Crippen molar-refractivity contribution in [3.05, 3.63) is 24.3 Å². The monoisotopic (exact) mass is 434 g/mol. The van der Waals surface area contributed by atoms with Gasteiger partial charge in [-0.05, 0) is 44.9 Å². The third-order valence-corrected chi connectivity index (χ3v) is 5.81. The van der Waals surface area contributed by atoms with Crippen molar-refractivity contribution in [1.29, 1.82) is 0 Å². The van der Waals surface area contributed by atoms with E-state index in [0.717, 1.165) is 25.9 Å². The molecule has 0 aliphatic carbocycles. The summed E-state index contributed by atoms with van der Waals surface area (Å²) in [5, 5.41) is 0. The molecule has 0 aliphatic heterocycles.